The van der Waals surface area contributed by atoms with E-state index in [-0.39, 0.29) is 11.4 Å². The van der Waals surface area contributed by atoms with Crippen LogP contribution in [0.5, 0.6) is 0 Å². The SMILES string of the molecule is CN(Cc1cccc(-c2nc(-c3ccc(F)cc3)cc(=O)[nH]2)c1)Cc1ccn[nH]1. The summed E-state index contributed by atoms with van der Waals surface area (Å²) in [6.07, 6.45) is 1.74. The molecule has 2 N–H and O–H groups in total. The van der Waals surface area contributed by atoms with Crippen molar-refractivity contribution in [3.63, 3.8) is 0 Å². The molecule has 0 saturated carbocycles. The van der Waals surface area contributed by atoms with Crippen molar-refractivity contribution in [2.75, 3.05) is 7.05 Å². The van der Waals surface area contributed by atoms with Crippen LogP contribution in [0.1, 0.15) is 11.3 Å². The van der Waals surface area contributed by atoms with E-state index in [0.29, 0.717) is 17.1 Å². The summed E-state index contributed by atoms with van der Waals surface area (Å²) in [5, 5.41) is 6.93. The molecule has 0 atom stereocenters. The number of hydrogen-bond donors (Lipinski definition) is 2. The molecule has 0 fully saturated rings. The fraction of sp³-hybridized carbons (Fsp3) is 0.136. The van der Waals surface area contributed by atoms with E-state index >= 15 is 0 Å². The van der Waals surface area contributed by atoms with Crippen LogP contribution < -0.4 is 5.56 Å². The number of nitrogens with one attached hydrogen (secondary N) is 2. The number of aromatic nitrogens is 4. The average molecular weight is 389 g/mol. The Morgan fingerprint density at radius 3 is 2.59 bits per heavy atom. The Bertz CT molecular complexity index is 1150. The summed E-state index contributed by atoms with van der Waals surface area (Å²) in [6, 6.07) is 17.2. The summed E-state index contributed by atoms with van der Waals surface area (Å²) in [6.45, 7) is 1.48. The maximum Gasteiger partial charge on any atom is 0.251 e. The second-order valence-electron chi connectivity index (χ2n) is 6.94. The van der Waals surface area contributed by atoms with Gasteiger partial charge in [0.15, 0.2) is 0 Å². The molecule has 2 aromatic carbocycles. The van der Waals surface area contributed by atoms with Gasteiger partial charge in [-0.2, -0.15) is 5.10 Å². The molecule has 2 aromatic heterocycles. The Balaban J connectivity index is 1.59. The van der Waals surface area contributed by atoms with E-state index in [1.54, 1.807) is 18.3 Å². The van der Waals surface area contributed by atoms with Crippen molar-refractivity contribution in [3.05, 3.63) is 94.3 Å². The smallest absolute Gasteiger partial charge is 0.251 e. The second-order valence-corrected chi connectivity index (χ2v) is 6.94. The van der Waals surface area contributed by atoms with Crippen molar-refractivity contribution in [2.24, 2.45) is 0 Å². The number of aromatic amines is 2. The van der Waals surface area contributed by atoms with Gasteiger partial charge in [-0.05, 0) is 49.0 Å². The number of halogens is 1. The van der Waals surface area contributed by atoms with Crippen LogP contribution in [0.15, 0.2) is 71.7 Å². The van der Waals surface area contributed by atoms with Gasteiger partial charge in [-0.25, -0.2) is 9.37 Å². The monoisotopic (exact) mass is 389 g/mol. The highest BCUT2D eigenvalue weighted by Gasteiger charge is 2.09. The van der Waals surface area contributed by atoms with Crippen molar-refractivity contribution in [1.29, 1.82) is 0 Å². The largest absolute Gasteiger partial charge is 0.306 e. The molecular weight excluding hydrogens is 369 g/mol. The second kappa shape index (κ2) is 8.20. The van der Waals surface area contributed by atoms with Gasteiger partial charge in [-0.1, -0.05) is 18.2 Å². The van der Waals surface area contributed by atoms with Crippen LogP contribution in [0.25, 0.3) is 22.6 Å². The zero-order chi connectivity index (χ0) is 20.2. The van der Waals surface area contributed by atoms with Gasteiger partial charge in [0.05, 0.1) is 5.69 Å². The van der Waals surface area contributed by atoms with E-state index in [1.165, 1.54) is 18.2 Å². The van der Waals surface area contributed by atoms with Crippen molar-refractivity contribution >= 4 is 0 Å². The molecule has 0 amide bonds. The lowest BCUT2D eigenvalue weighted by atomic mass is 10.1. The normalized spacial score (nSPS) is 11.1. The molecule has 0 radical (unpaired) electrons. The Kier molecular flexibility index (Phi) is 5.31. The van der Waals surface area contributed by atoms with Crippen LogP contribution in [0.2, 0.25) is 0 Å². The predicted octanol–water partition coefficient (Wildman–Crippen LogP) is 3.60. The van der Waals surface area contributed by atoms with Gasteiger partial charge in [0.25, 0.3) is 5.56 Å². The van der Waals surface area contributed by atoms with Gasteiger partial charge in [0.2, 0.25) is 0 Å². The van der Waals surface area contributed by atoms with Crippen LogP contribution in [0.4, 0.5) is 4.39 Å². The first-order valence-electron chi connectivity index (χ1n) is 9.20. The van der Waals surface area contributed by atoms with Gasteiger partial charge in [-0.3, -0.25) is 14.8 Å². The van der Waals surface area contributed by atoms with Crippen LogP contribution in [0.3, 0.4) is 0 Å². The van der Waals surface area contributed by atoms with Crippen molar-refractivity contribution in [2.45, 2.75) is 13.1 Å². The van der Waals surface area contributed by atoms with E-state index in [2.05, 4.69) is 25.1 Å². The summed E-state index contributed by atoms with van der Waals surface area (Å²) in [5.41, 5.74) is 3.90. The summed E-state index contributed by atoms with van der Waals surface area (Å²) in [4.78, 5) is 21.7. The lowest BCUT2D eigenvalue weighted by Crippen LogP contribution is -2.17. The van der Waals surface area contributed by atoms with E-state index in [9.17, 15) is 9.18 Å². The van der Waals surface area contributed by atoms with Crippen molar-refractivity contribution in [1.82, 2.24) is 25.1 Å². The summed E-state index contributed by atoms with van der Waals surface area (Å²) in [7, 11) is 2.03. The quantitative estimate of drug-likeness (QED) is 0.528. The lowest BCUT2D eigenvalue weighted by Gasteiger charge is -2.16. The molecule has 4 rings (SSSR count). The molecule has 6 nitrogen and oxygen atoms in total. The minimum atomic E-state index is -0.328. The van der Waals surface area contributed by atoms with E-state index < -0.39 is 0 Å². The van der Waals surface area contributed by atoms with E-state index in [1.807, 2.05) is 37.4 Å². The van der Waals surface area contributed by atoms with Crippen LogP contribution in [-0.2, 0) is 13.1 Å². The van der Waals surface area contributed by atoms with Gasteiger partial charge >= 0.3 is 0 Å². The van der Waals surface area contributed by atoms with Crippen molar-refractivity contribution < 1.29 is 4.39 Å². The average Bonchev–Trinajstić information content (AvgIpc) is 3.21. The number of rotatable bonds is 6. The summed E-state index contributed by atoms with van der Waals surface area (Å²) in [5.74, 6) is 0.153. The molecule has 29 heavy (non-hydrogen) atoms. The van der Waals surface area contributed by atoms with Gasteiger partial charge < -0.3 is 4.98 Å². The van der Waals surface area contributed by atoms with Gasteiger partial charge in [0, 0.05) is 42.2 Å². The van der Waals surface area contributed by atoms with Gasteiger partial charge in [-0.15, -0.1) is 0 Å². The Labute approximate surface area is 167 Å². The highest BCUT2D eigenvalue weighted by Crippen LogP contribution is 2.21. The van der Waals surface area contributed by atoms with Crippen LogP contribution in [-0.4, -0.2) is 32.1 Å². The molecule has 0 aliphatic rings. The summed E-state index contributed by atoms with van der Waals surface area (Å²) >= 11 is 0. The number of nitrogens with zero attached hydrogens (tertiary/aromatic N) is 3. The maximum absolute atomic E-state index is 13.2. The minimum absolute atomic E-state index is 0.254. The van der Waals surface area contributed by atoms with E-state index in [4.69, 9.17) is 0 Å². The number of H-pyrrole nitrogens is 2. The first kappa shape index (κ1) is 18.8. The first-order chi connectivity index (χ1) is 14.1. The lowest BCUT2D eigenvalue weighted by molar-refractivity contribution is 0.315. The molecule has 2 heterocycles. The highest BCUT2D eigenvalue weighted by molar-refractivity contribution is 5.63. The molecule has 0 unspecified atom stereocenters. The third-order valence-corrected chi connectivity index (χ3v) is 4.53. The standard InChI is InChI=1S/C22H20FN5O/c1-28(14-19-9-10-24-27-19)13-15-3-2-4-17(11-15)22-25-20(12-21(29)26-22)16-5-7-18(23)8-6-16/h2-12H,13-14H2,1H3,(H,24,27)(H,25,26,29). The third-order valence-electron chi connectivity index (χ3n) is 4.53. The zero-order valence-corrected chi connectivity index (χ0v) is 15.9. The number of benzene rings is 2. The number of hydrogen-bond acceptors (Lipinski definition) is 4. The first-order valence-corrected chi connectivity index (χ1v) is 9.20. The molecule has 0 aliphatic carbocycles. The zero-order valence-electron chi connectivity index (χ0n) is 15.9. The third kappa shape index (κ3) is 4.64. The Morgan fingerprint density at radius 1 is 1.00 bits per heavy atom. The molecule has 7 heteroatoms. The molecule has 4 aromatic rings. The molecule has 0 spiro atoms. The predicted molar refractivity (Wildman–Crippen MR) is 109 cm³/mol. The molecule has 0 aliphatic heterocycles. The van der Waals surface area contributed by atoms with Crippen LogP contribution >= 0.6 is 0 Å². The fourth-order valence-corrected chi connectivity index (χ4v) is 3.21. The molecular formula is C22H20FN5O. The Morgan fingerprint density at radius 2 is 1.83 bits per heavy atom. The molecule has 0 bridgehead atoms. The highest BCUT2D eigenvalue weighted by atomic mass is 19.1. The minimum Gasteiger partial charge on any atom is -0.306 e. The maximum atomic E-state index is 13.2. The molecule has 0 saturated heterocycles. The Hall–Kier alpha value is -3.58. The van der Waals surface area contributed by atoms with Gasteiger partial charge in [0.1, 0.15) is 11.6 Å². The van der Waals surface area contributed by atoms with E-state index in [0.717, 1.165) is 29.9 Å². The summed E-state index contributed by atoms with van der Waals surface area (Å²) < 4.78 is 13.2. The van der Waals surface area contributed by atoms with Crippen LogP contribution in [0, 0.1) is 5.82 Å². The molecule has 146 valence electrons. The topological polar surface area (TPSA) is 77.7 Å². The van der Waals surface area contributed by atoms with Crippen molar-refractivity contribution in [3.8, 4) is 22.6 Å². The fourth-order valence-electron chi connectivity index (χ4n) is 3.21.